The van der Waals surface area contributed by atoms with Crippen LogP contribution in [-0.4, -0.2) is 4.57 Å². The van der Waals surface area contributed by atoms with Gasteiger partial charge < -0.3 is 9.47 Å². The van der Waals surface area contributed by atoms with Gasteiger partial charge in [-0.2, -0.15) is 0 Å². The van der Waals surface area contributed by atoms with Crippen molar-refractivity contribution in [2.24, 2.45) is 0 Å². The van der Waals surface area contributed by atoms with Gasteiger partial charge in [0.1, 0.15) is 0 Å². The molecule has 12 aromatic rings. The first-order chi connectivity index (χ1) is 28.3. The van der Waals surface area contributed by atoms with Gasteiger partial charge in [0, 0.05) is 77.8 Å². The van der Waals surface area contributed by atoms with E-state index in [-0.39, 0.29) is 0 Å². The number of aromatic nitrogens is 1. The van der Waals surface area contributed by atoms with E-state index >= 15 is 0 Å². The summed E-state index contributed by atoms with van der Waals surface area (Å²) in [5.74, 6) is 0. The highest BCUT2D eigenvalue weighted by Crippen LogP contribution is 2.67. The van der Waals surface area contributed by atoms with Crippen molar-refractivity contribution in [3.63, 3.8) is 0 Å². The standard InChI is InChI=1S/C51H28N2S4/c1-5-13-40-31(9-1)32-10-2-6-14-41(32)52(40)29-17-21-45-35(27-29)36-28-30(18-22-46(36)56-45)53-42-15-7-4-12-37(42)51(38-23-25-54-49(38)50-39(51)24-26-55-50)47-43(53)20-19-34-33-11-3-8-16-44(33)57-48(34)47/h1-28H. The van der Waals surface area contributed by atoms with Crippen LogP contribution in [0, 0.1) is 0 Å². The van der Waals surface area contributed by atoms with Crippen LogP contribution in [0.4, 0.5) is 17.1 Å². The molecule has 2 nitrogen and oxygen atoms in total. The van der Waals surface area contributed by atoms with Crippen LogP contribution in [0.1, 0.15) is 22.3 Å². The lowest BCUT2D eigenvalue weighted by molar-refractivity contribution is 0.765. The molecule has 0 saturated carbocycles. The first-order valence-corrected chi connectivity index (χ1v) is 22.6. The van der Waals surface area contributed by atoms with E-state index < -0.39 is 5.41 Å². The molecule has 5 aromatic heterocycles. The Kier molecular flexibility index (Phi) is 6.05. The first kappa shape index (κ1) is 31.1. The van der Waals surface area contributed by atoms with Crippen LogP contribution in [0.25, 0.3) is 77.6 Å². The number of fused-ring (bicyclic) bond motifs is 19. The highest BCUT2D eigenvalue weighted by molar-refractivity contribution is 7.26. The molecule has 1 spiro atoms. The van der Waals surface area contributed by atoms with Gasteiger partial charge in [0.15, 0.2) is 0 Å². The summed E-state index contributed by atoms with van der Waals surface area (Å²) in [5, 5.41) is 12.4. The fraction of sp³-hybridized carbons (Fsp3) is 0.0196. The van der Waals surface area contributed by atoms with Gasteiger partial charge in [-0.3, -0.25) is 0 Å². The van der Waals surface area contributed by atoms with Crippen LogP contribution in [0.3, 0.4) is 0 Å². The molecule has 6 heteroatoms. The average Bonchev–Trinajstić information content (AvgIpc) is 4.12. The molecule has 1 aliphatic carbocycles. The zero-order valence-corrected chi connectivity index (χ0v) is 33.5. The number of para-hydroxylation sites is 3. The molecule has 266 valence electrons. The molecule has 7 aromatic carbocycles. The van der Waals surface area contributed by atoms with Crippen molar-refractivity contribution in [3.05, 3.63) is 191 Å². The predicted octanol–water partition coefficient (Wildman–Crippen LogP) is 15.8. The van der Waals surface area contributed by atoms with E-state index in [1.54, 1.807) is 0 Å². The minimum Gasteiger partial charge on any atom is -0.310 e. The first-order valence-electron chi connectivity index (χ1n) is 19.2. The monoisotopic (exact) mass is 796 g/mol. The second-order valence-corrected chi connectivity index (χ2v) is 19.2. The Labute approximate surface area is 343 Å². The molecular weight excluding hydrogens is 769 g/mol. The summed E-state index contributed by atoms with van der Waals surface area (Å²) in [6, 6.07) is 59.6. The Balaban J connectivity index is 1.05. The molecule has 0 unspecified atom stereocenters. The third-order valence-corrected chi connectivity index (χ3v) is 16.9. The summed E-state index contributed by atoms with van der Waals surface area (Å²) in [6.45, 7) is 0. The van der Waals surface area contributed by atoms with E-state index in [1.165, 1.54) is 117 Å². The molecule has 0 N–H and O–H groups in total. The van der Waals surface area contributed by atoms with E-state index in [2.05, 4.69) is 178 Å². The summed E-state index contributed by atoms with van der Waals surface area (Å²) in [5.41, 5.74) is 12.5. The van der Waals surface area contributed by atoms with E-state index in [4.69, 9.17) is 0 Å². The second-order valence-electron chi connectivity index (χ2n) is 15.2. The van der Waals surface area contributed by atoms with Gasteiger partial charge in [-0.1, -0.05) is 78.9 Å². The van der Waals surface area contributed by atoms with Crippen LogP contribution < -0.4 is 4.90 Å². The number of hydrogen-bond donors (Lipinski definition) is 0. The van der Waals surface area contributed by atoms with Crippen molar-refractivity contribution in [3.8, 4) is 15.4 Å². The van der Waals surface area contributed by atoms with Gasteiger partial charge >= 0.3 is 0 Å². The van der Waals surface area contributed by atoms with Crippen molar-refractivity contribution in [2.45, 2.75) is 5.41 Å². The number of rotatable bonds is 2. The van der Waals surface area contributed by atoms with Crippen LogP contribution in [0.5, 0.6) is 0 Å². The predicted molar refractivity (Wildman–Crippen MR) is 248 cm³/mol. The summed E-state index contributed by atoms with van der Waals surface area (Å²) < 4.78 is 7.75. The fourth-order valence-corrected chi connectivity index (χ4v) is 14.8. The SMILES string of the molecule is c1ccc2c(c1)N(c1ccc3sc4ccc(-n5c6ccccc6c6ccccc65)cc4c3c1)c1ccc3c(sc4ccccc43)c1C21c2ccsc2-c2sccc21. The summed E-state index contributed by atoms with van der Waals surface area (Å²) >= 11 is 7.61. The fourth-order valence-electron chi connectivity index (χ4n) is 10.4. The number of benzene rings is 7. The van der Waals surface area contributed by atoms with Crippen LogP contribution >= 0.6 is 45.3 Å². The van der Waals surface area contributed by atoms with Crippen molar-refractivity contribution >= 4 is 125 Å². The summed E-state index contributed by atoms with van der Waals surface area (Å²) in [6.07, 6.45) is 0. The number of anilines is 3. The number of nitrogens with zero attached hydrogens (tertiary/aromatic N) is 2. The quantitative estimate of drug-likeness (QED) is 0.169. The lowest BCUT2D eigenvalue weighted by Crippen LogP contribution is -2.36. The lowest BCUT2D eigenvalue weighted by atomic mass is 9.65. The maximum atomic E-state index is 2.57. The molecule has 0 saturated heterocycles. The molecule has 57 heavy (non-hydrogen) atoms. The molecule has 1 aliphatic heterocycles. The molecular formula is C51H28N2S4. The topological polar surface area (TPSA) is 8.17 Å². The van der Waals surface area contributed by atoms with Crippen LogP contribution in [-0.2, 0) is 5.41 Å². The van der Waals surface area contributed by atoms with Gasteiger partial charge in [-0.05, 0) is 106 Å². The highest BCUT2D eigenvalue weighted by atomic mass is 32.1. The molecule has 0 bridgehead atoms. The Hall–Kier alpha value is -6.02. The average molecular weight is 797 g/mol. The molecule has 0 atom stereocenters. The largest absolute Gasteiger partial charge is 0.310 e. The molecule has 14 rings (SSSR count). The van der Waals surface area contributed by atoms with E-state index in [0.717, 1.165) is 0 Å². The molecule has 0 fully saturated rings. The van der Waals surface area contributed by atoms with Gasteiger partial charge in [0.25, 0.3) is 0 Å². The highest BCUT2D eigenvalue weighted by Gasteiger charge is 2.54. The number of hydrogen-bond acceptors (Lipinski definition) is 5. The van der Waals surface area contributed by atoms with Gasteiger partial charge in [0.2, 0.25) is 0 Å². The van der Waals surface area contributed by atoms with Crippen molar-refractivity contribution in [1.29, 1.82) is 0 Å². The van der Waals surface area contributed by atoms with Crippen molar-refractivity contribution in [2.75, 3.05) is 4.90 Å². The van der Waals surface area contributed by atoms with E-state index in [0.29, 0.717) is 0 Å². The normalized spacial score (nSPS) is 14.1. The van der Waals surface area contributed by atoms with Gasteiger partial charge in [-0.25, -0.2) is 0 Å². The molecule has 0 radical (unpaired) electrons. The zero-order valence-electron chi connectivity index (χ0n) is 30.2. The van der Waals surface area contributed by atoms with E-state index in [9.17, 15) is 0 Å². The zero-order chi connectivity index (χ0) is 37.0. The third kappa shape index (κ3) is 3.85. The molecule has 0 amide bonds. The summed E-state index contributed by atoms with van der Waals surface area (Å²) in [7, 11) is 0. The number of thiophene rings is 4. The Morgan fingerprint density at radius 1 is 0.404 bits per heavy atom. The molecule has 2 aliphatic rings. The minimum atomic E-state index is -0.413. The van der Waals surface area contributed by atoms with Crippen LogP contribution in [0.15, 0.2) is 168 Å². The summed E-state index contributed by atoms with van der Waals surface area (Å²) in [4.78, 5) is 5.39. The maximum Gasteiger partial charge on any atom is 0.0785 e. The Bertz CT molecular complexity index is 3590. The van der Waals surface area contributed by atoms with Crippen molar-refractivity contribution < 1.29 is 0 Å². The molecule has 6 heterocycles. The Morgan fingerprint density at radius 3 is 1.74 bits per heavy atom. The van der Waals surface area contributed by atoms with Gasteiger partial charge in [-0.15, -0.1) is 45.3 Å². The lowest BCUT2D eigenvalue weighted by Gasteiger charge is -2.44. The van der Waals surface area contributed by atoms with Crippen LogP contribution in [0.2, 0.25) is 0 Å². The smallest absolute Gasteiger partial charge is 0.0785 e. The minimum absolute atomic E-state index is 0.413. The Morgan fingerprint density at radius 2 is 1.00 bits per heavy atom. The van der Waals surface area contributed by atoms with E-state index in [1.807, 2.05) is 45.3 Å². The van der Waals surface area contributed by atoms with Gasteiger partial charge in [0.05, 0.1) is 27.8 Å². The third-order valence-electron chi connectivity index (χ3n) is 12.6. The van der Waals surface area contributed by atoms with Crippen molar-refractivity contribution in [1.82, 2.24) is 4.57 Å². The maximum absolute atomic E-state index is 2.57. The second kappa shape index (κ2) is 11.1.